The molecule has 3 aromatic carbocycles. The predicted molar refractivity (Wildman–Crippen MR) is 136 cm³/mol. The van der Waals surface area contributed by atoms with Gasteiger partial charge in [-0.3, -0.25) is 19.8 Å². The van der Waals surface area contributed by atoms with Crippen LogP contribution < -0.4 is 16.1 Å². The Bertz CT molecular complexity index is 1400. The highest BCUT2D eigenvalue weighted by Gasteiger charge is 2.21. The van der Waals surface area contributed by atoms with E-state index in [0.29, 0.717) is 27.2 Å². The molecule has 0 atom stereocenters. The van der Waals surface area contributed by atoms with E-state index < -0.39 is 17.7 Å². The smallest absolute Gasteiger partial charge is 0.328 e. The van der Waals surface area contributed by atoms with Crippen molar-refractivity contribution < 1.29 is 14.4 Å². The van der Waals surface area contributed by atoms with E-state index in [1.165, 1.54) is 4.68 Å². The molecule has 0 bridgehead atoms. The number of benzene rings is 3. The summed E-state index contributed by atoms with van der Waals surface area (Å²) in [6.45, 7) is 2.00. The Morgan fingerprint density at radius 3 is 2.47 bits per heavy atom. The molecule has 0 spiro atoms. The Kier molecular flexibility index (Phi) is 7.00. The van der Waals surface area contributed by atoms with E-state index in [4.69, 9.17) is 11.6 Å². The minimum atomic E-state index is -0.899. The van der Waals surface area contributed by atoms with Gasteiger partial charge in [-0.05, 0) is 54.4 Å². The summed E-state index contributed by atoms with van der Waals surface area (Å²) in [5, 5.41) is 6.63. The molecule has 0 unspecified atom stereocenters. The molecule has 0 fully saturated rings. The third kappa shape index (κ3) is 5.13. The van der Waals surface area contributed by atoms with Crippen molar-refractivity contribution in [2.75, 3.05) is 10.7 Å². The summed E-state index contributed by atoms with van der Waals surface area (Å²) >= 11 is 9.59. The molecule has 0 saturated carbocycles. The molecule has 3 N–H and O–H groups in total. The van der Waals surface area contributed by atoms with Crippen molar-refractivity contribution in [2.24, 2.45) is 0 Å². The highest BCUT2D eigenvalue weighted by Crippen LogP contribution is 2.26. The number of hydrogen-bond donors (Lipinski definition) is 3. The molecule has 1 heterocycles. The maximum Gasteiger partial charge on any atom is 0.328 e. The molecule has 0 aliphatic carbocycles. The molecular formula is C25H20BrClN4O3. The molecule has 0 aliphatic heterocycles. The van der Waals surface area contributed by atoms with Gasteiger partial charge in [0.15, 0.2) is 0 Å². The Morgan fingerprint density at radius 1 is 0.941 bits per heavy atom. The summed E-state index contributed by atoms with van der Waals surface area (Å²) in [4.78, 5) is 38.3. The summed E-state index contributed by atoms with van der Waals surface area (Å²) in [6, 6.07) is 21.4. The van der Waals surface area contributed by atoms with Gasteiger partial charge in [0.1, 0.15) is 5.69 Å². The number of carbonyl (C=O) groups is 3. The average molecular weight is 540 g/mol. The minimum Gasteiger partial charge on any atom is -0.344 e. The predicted octanol–water partition coefficient (Wildman–Crippen LogP) is 5.00. The van der Waals surface area contributed by atoms with Crippen molar-refractivity contribution in [1.82, 2.24) is 9.99 Å². The van der Waals surface area contributed by atoms with Crippen LogP contribution in [0, 0.1) is 6.92 Å². The fraction of sp³-hybridized carbons (Fsp3) is 0.0800. The van der Waals surface area contributed by atoms with E-state index in [9.17, 15) is 14.4 Å². The van der Waals surface area contributed by atoms with Gasteiger partial charge in [-0.2, -0.15) is 0 Å². The highest BCUT2D eigenvalue weighted by molar-refractivity contribution is 9.10. The first-order chi connectivity index (χ1) is 16.3. The molecule has 7 nitrogen and oxygen atoms in total. The summed E-state index contributed by atoms with van der Waals surface area (Å²) < 4.78 is 2.11. The third-order valence-electron chi connectivity index (χ3n) is 5.23. The van der Waals surface area contributed by atoms with Crippen LogP contribution >= 0.6 is 27.5 Å². The lowest BCUT2D eigenvalue weighted by Gasteiger charge is -2.14. The molecular weight excluding hydrogens is 520 g/mol. The second-order valence-electron chi connectivity index (χ2n) is 7.54. The zero-order chi connectivity index (χ0) is 24.2. The van der Waals surface area contributed by atoms with Gasteiger partial charge in [0.2, 0.25) is 0 Å². The number of aromatic nitrogens is 1. The van der Waals surface area contributed by atoms with Crippen LogP contribution in [0.4, 0.5) is 5.69 Å². The lowest BCUT2D eigenvalue weighted by atomic mass is 10.2. The number of halogens is 2. The quantitative estimate of drug-likeness (QED) is 0.312. The second-order valence-corrected chi connectivity index (χ2v) is 8.87. The van der Waals surface area contributed by atoms with Gasteiger partial charge in [-0.1, -0.05) is 63.9 Å². The minimum absolute atomic E-state index is 0.150. The highest BCUT2D eigenvalue weighted by atomic mass is 79.9. The average Bonchev–Trinajstić information content (AvgIpc) is 3.18. The summed E-state index contributed by atoms with van der Waals surface area (Å²) in [5.74, 6) is -2.19. The van der Waals surface area contributed by atoms with Gasteiger partial charge in [-0.15, -0.1) is 0 Å². The van der Waals surface area contributed by atoms with Crippen LogP contribution in [0.1, 0.15) is 21.6 Å². The summed E-state index contributed by atoms with van der Waals surface area (Å²) in [5.41, 5.74) is 5.37. The number of rotatable bonds is 5. The van der Waals surface area contributed by atoms with Crippen LogP contribution in [0.3, 0.4) is 0 Å². The van der Waals surface area contributed by atoms with E-state index in [2.05, 4.69) is 32.0 Å². The molecule has 3 amide bonds. The van der Waals surface area contributed by atoms with E-state index in [1.807, 2.05) is 36.4 Å². The standard InChI is InChI=1S/C25H20BrClN4O3/c1-15-19(27)8-5-9-20(15)29-23(32)22-13-17-12-18(26)10-11-21(17)31(22)30-25(34)24(33)28-14-16-6-3-2-4-7-16/h2-13H,14H2,1H3,(H,28,33)(H,29,32)(H,30,34). The van der Waals surface area contributed by atoms with E-state index in [0.717, 1.165) is 10.0 Å². The van der Waals surface area contributed by atoms with Crippen LogP contribution in [-0.4, -0.2) is 22.4 Å². The Labute approximate surface area is 209 Å². The number of hydrogen-bond acceptors (Lipinski definition) is 3. The van der Waals surface area contributed by atoms with Crippen LogP contribution in [0.5, 0.6) is 0 Å². The molecule has 34 heavy (non-hydrogen) atoms. The number of fused-ring (bicyclic) bond motifs is 1. The maximum atomic E-state index is 13.2. The first-order valence-electron chi connectivity index (χ1n) is 10.3. The van der Waals surface area contributed by atoms with Gasteiger partial charge in [0, 0.05) is 27.1 Å². The van der Waals surface area contributed by atoms with E-state index in [-0.39, 0.29) is 12.2 Å². The molecule has 0 radical (unpaired) electrons. The number of amides is 3. The van der Waals surface area contributed by atoms with Crippen molar-refractivity contribution in [1.29, 1.82) is 0 Å². The van der Waals surface area contributed by atoms with Crippen molar-refractivity contribution in [3.8, 4) is 0 Å². The monoisotopic (exact) mass is 538 g/mol. The summed E-state index contributed by atoms with van der Waals surface area (Å²) in [7, 11) is 0. The first kappa shape index (κ1) is 23.5. The van der Waals surface area contributed by atoms with Crippen molar-refractivity contribution in [3.63, 3.8) is 0 Å². The Hall–Kier alpha value is -3.62. The molecule has 4 aromatic rings. The molecule has 9 heteroatoms. The molecule has 0 saturated heterocycles. The first-order valence-corrected chi connectivity index (χ1v) is 11.5. The Balaban J connectivity index is 1.60. The van der Waals surface area contributed by atoms with Crippen LogP contribution in [-0.2, 0) is 16.1 Å². The van der Waals surface area contributed by atoms with E-state index >= 15 is 0 Å². The van der Waals surface area contributed by atoms with Crippen molar-refractivity contribution in [3.05, 3.63) is 99.1 Å². The summed E-state index contributed by atoms with van der Waals surface area (Å²) in [6.07, 6.45) is 0. The molecule has 1 aromatic heterocycles. The number of carbonyl (C=O) groups excluding carboxylic acids is 3. The van der Waals surface area contributed by atoms with Gasteiger partial charge in [0.25, 0.3) is 5.91 Å². The fourth-order valence-electron chi connectivity index (χ4n) is 3.41. The largest absolute Gasteiger partial charge is 0.344 e. The van der Waals surface area contributed by atoms with Gasteiger partial charge >= 0.3 is 11.8 Å². The van der Waals surface area contributed by atoms with Crippen molar-refractivity contribution in [2.45, 2.75) is 13.5 Å². The van der Waals surface area contributed by atoms with Crippen LogP contribution in [0.15, 0.2) is 77.3 Å². The fourth-order valence-corrected chi connectivity index (χ4v) is 3.97. The van der Waals surface area contributed by atoms with E-state index in [1.54, 1.807) is 43.3 Å². The van der Waals surface area contributed by atoms with Gasteiger partial charge in [-0.25, -0.2) is 4.68 Å². The SMILES string of the molecule is Cc1c(Cl)cccc1NC(=O)c1cc2cc(Br)ccc2n1NC(=O)C(=O)NCc1ccccc1. The lowest BCUT2D eigenvalue weighted by Crippen LogP contribution is -2.39. The number of nitrogens with one attached hydrogen (secondary N) is 3. The maximum absolute atomic E-state index is 13.2. The van der Waals surface area contributed by atoms with Gasteiger partial charge in [0.05, 0.1) is 5.52 Å². The Morgan fingerprint density at radius 2 is 1.71 bits per heavy atom. The normalized spacial score (nSPS) is 10.7. The zero-order valence-electron chi connectivity index (χ0n) is 18.1. The van der Waals surface area contributed by atoms with Gasteiger partial charge < -0.3 is 10.6 Å². The number of nitrogens with zero attached hydrogens (tertiary/aromatic N) is 1. The molecule has 172 valence electrons. The third-order valence-corrected chi connectivity index (χ3v) is 6.13. The topological polar surface area (TPSA) is 92.2 Å². The zero-order valence-corrected chi connectivity index (χ0v) is 20.4. The molecule has 4 rings (SSSR count). The number of anilines is 1. The van der Waals surface area contributed by atoms with Crippen molar-refractivity contribution >= 4 is 61.8 Å². The second kappa shape index (κ2) is 10.1. The van der Waals surface area contributed by atoms with Crippen LogP contribution in [0.25, 0.3) is 10.9 Å². The molecule has 0 aliphatic rings. The van der Waals surface area contributed by atoms with Crippen LogP contribution in [0.2, 0.25) is 5.02 Å². The lowest BCUT2D eigenvalue weighted by molar-refractivity contribution is -0.136.